The van der Waals surface area contributed by atoms with Gasteiger partial charge in [0.15, 0.2) is 0 Å². The van der Waals surface area contributed by atoms with Gasteiger partial charge in [-0.2, -0.15) is 0 Å². The fraction of sp³-hybridized carbons (Fsp3) is 0.182. The van der Waals surface area contributed by atoms with Gasteiger partial charge in [0.05, 0.1) is 0 Å². The number of hydrogen-bond acceptors (Lipinski definition) is 7. The zero-order valence-corrected chi connectivity index (χ0v) is 30.5. The van der Waals surface area contributed by atoms with Crippen molar-refractivity contribution in [1.82, 2.24) is 0 Å². The molecule has 8 heteroatoms. The van der Waals surface area contributed by atoms with Gasteiger partial charge in [-0.05, 0) is 24.3 Å². The molecule has 268 valence electrons. The normalized spacial score (nSPS) is 13.0. The van der Waals surface area contributed by atoms with Gasteiger partial charge in [0.25, 0.3) is 0 Å². The second-order valence-corrected chi connectivity index (χ2v) is 17.9. The molecule has 0 spiro atoms. The summed E-state index contributed by atoms with van der Waals surface area (Å²) in [7, 11) is 5.02. The first kappa shape index (κ1) is 36.6. The predicted octanol–water partition coefficient (Wildman–Crippen LogP) is 9.15. The van der Waals surface area contributed by atoms with Crippen LogP contribution in [0.15, 0.2) is 152 Å². The summed E-state index contributed by atoms with van der Waals surface area (Å²) < 4.78 is 24.7. The average molecular weight is 717 g/mol. The van der Waals surface area contributed by atoms with E-state index in [1.54, 1.807) is 57.7 Å². The van der Waals surface area contributed by atoms with Gasteiger partial charge in [0.2, 0.25) is 0 Å². The number of ether oxygens (including phenoxy) is 3. The molecule has 0 saturated heterocycles. The Hall–Kier alpha value is -5.17. The van der Waals surface area contributed by atoms with Crippen LogP contribution in [-0.4, -0.2) is 55.7 Å². The van der Waals surface area contributed by atoms with Crippen LogP contribution in [-0.2, 0) is 14.2 Å². The first-order valence-corrected chi connectivity index (χ1v) is 19.8. The molecule has 3 N–H and O–H groups in total. The first-order chi connectivity index (χ1) is 25.3. The summed E-state index contributed by atoms with van der Waals surface area (Å²) >= 11 is 0. The van der Waals surface area contributed by atoms with Gasteiger partial charge in [0, 0.05) is 0 Å². The van der Waals surface area contributed by atoms with Crippen molar-refractivity contribution in [2.75, 3.05) is 40.4 Å². The third-order valence-electron chi connectivity index (χ3n) is 9.54. The van der Waals surface area contributed by atoms with E-state index in [4.69, 9.17) is 18.7 Å². The molecule has 0 bridgehead atoms. The third kappa shape index (κ3) is 7.69. The van der Waals surface area contributed by atoms with Crippen LogP contribution in [0.1, 0.15) is 45.2 Å². The van der Waals surface area contributed by atoms with Crippen LogP contribution in [0, 0.1) is 0 Å². The van der Waals surface area contributed by atoms with Gasteiger partial charge in [-0.15, -0.1) is 0 Å². The number of benzene rings is 6. The van der Waals surface area contributed by atoms with Crippen molar-refractivity contribution in [3.05, 3.63) is 185 Å². The average Bonchev–Trinajstić information content (AvgIpc) is 3.16. The molecule has 6 rings (SSSR count). The van der Waals surface area contributed by atoms with Crippen LogP contribution < -0.4 is 9.83 Å². The summed E-state index contributed by atoms with van der Waals surface area (Å²) in [4.78, 5) is 0. The van der Waals surface area contributed by atoms with Crippen LogP contribution in [0.5, 0.6) is 23.0 Å². The molecule has 52 heavy (non-hydrogen) atoms. The van der Waals surface area contributed by atoms with Gasteiger partial charge in [0.1, 0.15) is 11.5 Å². The number of phenols is 3. The third-order valence-corrected chi connectivity index (χ3v) is 14.4. The van der Waals surface area contributed by atoms with E-state index in [1.165, 1.54) is 0 Å². The van der Waals surface area contributed by atoms with Crippen LogP contribution in [0.2, 0.25) is 0 Å². The monoisotopic (exact) mass is 716 g/mol. The number of hydrogen-bond donors (Lipinski definition) is 3. The minimum absolute atomic E-state index is 0.119. The van der Waals surface area contributed by atoms with Crippen LogP contribution in [0.4, 0.5) is 0 Å². The summed E-state index contributed by atoms with van der Waals surface area (Å²) in [6, 6.07) is 48.6. The SMILES string of the molecule is COCP(COC)(COC)(Oc1ccc(C(c2ccc(O)cc2)c2ccc(C(c3ccc(O)cc3)c3ccc(O)cc3)cc2)cc1)c1ccccc1. The van der Waals surface area contributed by atoms with Crippen molar-refractivity contribution in [3.63, 3.8) is 0 Å². The number of phenolic OH excluding ortho intramolecular Hbond substituents is 3. The maximum absolute atomic E-state index is 10.1. The summed E-state index contributed by atoms with van der Waals surface area (Å²) in [6.07, 6.45) is 0.949. The zero-order valence-electron chi connectivity index (χ0n) is 29.6. The van der Waals surface area contributed by atoms with Gasteiger partial charge in [-0.25, -0.2) is 0 Å². The van der Waals surface area contributed by atoms with E-state index in [2.05, 4.69) is 48.5 Å². The Kier molecular flexibility index (Phi) is 11.3. The van der Waals surface area contributed by atoms with E-state index in [0.29, 0.717) is 24.8 Å². The quantitative estimate of drug-likeness (QED) is 0.0721. The zero-order chi connectivity index (χ0) is 36.6. The van der Waals surface area contributed by atoms with Gasteiger partial charge < -0.3 is 10.2 Å². The van der Waals surface area contributed by atoms with E-state index in [9.17, 15) is 15.3 Å². The molecule has 0 aromatic heterocycles. The van der Waals surface area contributed by atoms with Crippen molar-refractivity contribution >= 4 is 12.1 Å². The molecular formula is C44H45O7P. The van der Waals surface area contributed by atoms with E-state index in [1.807, 2.05) is 66.7 Å². The Bertz CT molecular complexity index is 1950. The fourth-order valence-electron chi connectivity index (χ4n) is 7.21. The Morgan fingerprint density at radius 1 is 0.404 bits per heavy atom. The fourth-order valence-corrected chi connectivity index (χ4v) is 11.5. The minimum atomic E-state index is -3.45. The molecule has 0 aliphatic rings. The summed E-state index contributed by atoms with van der Waals surface area (Å²) in [5, 5.41) is 31.1. The topological polar surface area (TPSA) is 97.6 Å². The predicted molar refractivity (Wildman–Crippen MR) is 208 cm³/mol. The standard InChI is InChI=1S/C44H45O7P/c1-48-29-52(30-49-2,31-50-3,42-7-5-4-6-8-42)51-41-27-19-37(20-28-41)44(36-17-25-40(47)26-18-36)33-11-9-32(10-12-33)43(34-13-21-38(45)22-14-34)35-15-23-39(46)24-16-35/h4-28,43-47H,29-31H2,1-3H3. The molecule has 0 radical (unpaired) electrons. The Balaban J connectivity index is 1.39. The molecule has 6 aromatic carbocycles. The first-order valence-electron chi connectivity index (χ1n) is 17.1. The number of rotatable bonds is 15. The molecule has 0 aliphatic heterocycles. The molecular weight excluding hydrogens is 671 g/mol. The van der Waals surface area contributed by atoms with Gasteiger partial charge >= 0.3 is 236 Å². The van der Waals surface area contributed by atoms with Crippen molar-refractivity contribution in [1.29, 1.82) is 0 Å². The second-order valence-electron chi connectivity index (χ2n) is 13.2. The van der Waals surface area contributed by atoms with E-state index >= 15 is 0 Å². The van der Waals surface area contributed by atoms with E-state index in [-0.39, 0.29) is 29.1 Å². The molecule has 1 unspecified atom stereocenters. The van der Waals surface area contributed by atoms with Crippen molar-refractivity contribution in [2.45, 2.75) is 11.8 Å². The second kappa shape index (κ2) is 16.0. The van der Waals surface area contributed by atoms with Gasteiger partial charge in [-0.1, -0.05) is 24.3 Å². The molecule has 0 amide bonds. The van der Waals surface area contributed by atoms with Crippen LogP contribution in [0.25, 0.3) is 0 Å². The van der Waals surface area contributed by atoms with E-state index in [0.717, 1.165) is 38.7 Å². The molecule has 0 fully saturated rings. The summed E-state index contributed by atoms with van der Waals surface area (Å²) in [5.41, 5.74) is 6.24. The Labute approximate surface area is 305 Å². The maximum atomic E-state index is 10.1. The molecule has 0 saturated carbocycles. The van der Waals surface area contributed by atoms with Gasteiger partial charge in [-0.3, -0.25) is 0 Å². The van der Waals surface area contributed by atoms with Crippen molar-refractivity contribution in [3.8, 4) is 23.0 Å². The molecule has 7 nitrogen and oxygen atoms in total. The van der Waals surface area contributed by atoms with Crippen molar-refractivity contribution in [2.24, 2.45) is 0 Å². The summed E-state index contributed by atoms with van der Waals surface area (Å²) in [5.74, 6) is 1.03. The van der Waals surface area contributed by atoms with Crippen molar-refractivity contribution < 1.29 is 34.1 Å². The molecule has 6 aromatic rings. The van der Waals surface area contributed by atoms with Crippen LogP contribution >= 0.6 is 6.83 Å². The van der Waals surface area contributed by atoms with E-state index < -0.39 is 6.83 Å². The molecule has 1 atom stereocenters. The Morgan fingerprint density at radius 2 is 0.692 bits per heavy atom. The Morgan fingerprint density at radius 3 is 1.00 bits per heavy atom. The number of aromatic hydroxyl groups is 3. The van der Waals surface area contributed by atoms with Crippen LogP contribution in [0.3, 0.4) is 0 Å². The molecule has 0 aliphatic carbocycles. The molecule has 0 heterocycles. The summed E-state index contributed by atoms with van der Waals surface area (Å²) in [6.45, 7) is -3.45. The number of methoxy groups -OCH3 is 3.